The van der Waals surface area contributed by atoms with Gasteiger partial charge in [-0.1, -0.05) is 0 Å². The lowest BCUT2D eigenvalue weighted by atomic mass is 9.94. The first-order valence-corrected chi connectivity index (χ1v) is 6.59. The Hall–Kier alpha value is -0.650. The number of hydrogen-bond donors (Lipinski definition) is 1. The molecule has 1 fully saturated rings. The van der Waals surface area contributed by atoms with Crippen molar-refractivity contribution in [3.63, 3.8) is 0 Å². The van der Waals surface area contributed by atoms with Crippen molar-refractivity contribution in [2.45, 2.75) is 51.3 Å². The Bertz CT molecular complexity index is 281. The number of ether oxygens (including phenoxy) is 2. The van der Waals surface area contributed by atoms with E-state index in [0.717, 1.165) is 26.1 Å². The molecular formula is C13H26N2O3. The second kappa shape index (κ2) is 6.50. The van der Waals surface area contributed by atoms with Crippen LogP contribution < -0.4 is 5.73 Å². The van der Waals surface area contributed by atoms with E-state index in [1.165, 1.54) is 7.11 Å². The first-order valence-electron chi connectivity index (χ1n) is 6.59. The number of nitrogens with zero attached hydrogens (tertiary/aromatic N) is 1. The van der Waals surface area contributed by atoms with E-state index in [1.54, 1.807) is 6.92 Å². The first kappa shape index (κ1) is 15.4. The van der Waals surface area contributed by atoms with Gasteiger partial charge in [-0.25, -0.2) is 0 Å². The fraction of sp³-hybridized carbons (Fsp3) is 0.923. The molecule has 0 bridgehead atoms. The molecule has 1 aliphatic heterocycles. The summed E-state index contributed by atoms with van der Waals surface area (Å²) in [6.45, 7) is 8.59. The van der Waals surface area contributed by atoms with Crippen LogP contribution in [0.15, 0.2) is 0 Å². The Kier molecular flexibility index (Phi) is 5.56. The Balaban J connectivity index is 2.57. The molecule has 1 heterocycles. The third kappa shape index (κ3) is 4.23. The molecule has 5 nitrogen and oxygen atoms in total. The maximum atomic E-state index is 11.6. The highest BCUT2D eigenvalue weighted by atomic mass is 16.5. The summed E-state index contributed by atoms with van der Waals surface area (Å²) >= 11 is 0. The Morgan fingerprint density at radius 3 is 2.94 bits per heavy atom. The van der Waals surface area contributed by atoms with Crippen LogP contribution in [0.1, 0.15) is 33.6 Å². The standard InChI is InChI=1S/C13H26N2O3/c1-10(8-13(3,14)12(16)17-4)15-6-5-7-18-11(2)9-15/h10-11H,5-9,14H2,1-4H3. The van der Waals surface area contributed by atoms with Crippen LogP contribution in [0.2, 0.25) is 0 Å². The van der Waals surface area contributed by atoms with Crippen molar-refractivity contribution >= 4 is 5.97 Å². The van der Waals surface area contributed by atoms with Crippen molar-refractivity contribution in [3.05, 3.63) is 0 Å². The molecule has 1 aliphatic rings. The third-order valence-electron chi connectivity index (χ3n) is 3.48. The number of nitrogens with two attached hydrogens (primary N) is 1. The van der Waals surface area contributed by atoms with Crippen LogP contribution in [0.4, 0.5) is 0 Å². The third-order valence-corrected chi connectivity index (χ3v) is 3.48. The monoisotopic (exact) mass is 258 g/mol. The van der Waals surface area contributed by atoms with Gasteiger partial charge in [0.25, 0.3) is 0 Å². The van der Waals surface area contributed by atoms with Gasteiger partial charge in [0.2, 0.25) is 0 Å². The van der Waals surface area contributed by atoms with Crippen LogP contribution >= 0.6 is 0 Å². The van der Waals surface area contributed by atoms with Gasteiger partial charge in [0, 0.05) is 25.7 Å². The summed E-state index contributed by atoms with van der Waals surface area (Å²) in [5.74, 6) is -0.353. The Morgan fingerprint density at radius 1 is 1.67 bits per heavy atom. The summed E-state index contributed by atoms with van der Waals surface area (Å²) in [5.41, 5.74) is 5.09. The van der Waals surface area contributed by atoms with E-state index in [-0.39, 0.29) is 18.1 Å². The normalized spacial score (nSPS) is 27.1. The largest absolute Gasteiger partial charge is 0.468 e. The number of rotatable bonds is 4. The van der Waals surface area contributed by atoms with Gasteiger partial charge in [0.1, 0.15) is 5.54 Å². The summed E-state index contributed by atoms with van der Waals surface area (Å²) in [6, 6.07) is 0.239. The van der Waals surface area contributed by atoms with Gasteiger partial charge in [-0.15, -0.1) is 0 Å². The molecule has 0 aromatic rings. The molecule has 0 spiro atoms. The summed E-state index contributed by atoms with van der Waals surface area (Å²) in [5, 5.41) is 0. The van der Waals surface area contributed by atoms with Crippen LogP contribution in [0.25, 0.3) is 0 Å². The van der Waals surface area contributed by atoms with Crippen molar-refractivity contribution < 1.29 is 14.3 Å². The smallest absolute Gasteiger partial charge is 0.325 e. The quantitative estimate of drug-likeness (QED) is 0.754. The highest BCUT2D eigenvalue weighted by Gasteiger charge is 2.33. The van der Waals surface area contributed by atoms with E-state index in [9.17, 15) is 4.79 Å². The van der Waals surface area contributed by atoms with Crippen LogP contribution in [0.3, 0.4) is 0 Å². The van der Waals surface area contributed by atoms with Gasteiger partial charge < -0.3 is 15.2 Å². The molecule has 2 N–H and O–H groups in total. The average molecular weight is 258 g/mol. The molecule has 1 saturated heterocycles. The van der Waals surface area contributed by atoms with E-state index in [0.29, 0.717) is 6.42 Å². The fourth-order valence-corrected chi connectivity index (χ4v) is 2.49. The first-order chi connectivity index (χ1) is 8.36. The van der Waals surface area contributed by atoms with E-state index in [2.05, 4.69) is 18.7 Å². The maximum absolute atomic E-state index is 11.6. The molecule has 1 rings (SSSR count). The molecule has 3 unspecified atom stereocenters. The minimum absolute atomic E-state index is 0.233. The lowest BCUT2D eigenvalue weighted by molar-refractivity contribution is -0.147. The zero-order chi connectivity index (χ0) is 13.8. The fourth-order valence-electron chi connectivity index (χ4n) is 2.49. The van der Waals surface area contributed by atoms with E-state index in [1.807, 2.05) is 0 Å². The molecule has 3 atom stereocenters. The summed E-state index contributed by atoms with van der Waals surface area (Å²) < 4.78 is 10.4. The average Bonchev–Trinajstić information content (AvgIpc) is 2.52. The summed E-state index contributed by atoms with van der Waals surface area (Å²) in [6.07, 6.45) is 1.85. The molecule has 106 valence electrons. The molecular weight excluding hydrogens is 232 g/mol. The molecule has 0 radical (unpaired) electrons. The van der Waals surface area contributed by atoms with E-state index in [4.69, 9.17) is 15.2 Å². The highest BCUT2D eigenvalue weighted by Crippen LogP contribution is 2.18. The minimum atomic E-state index is -0.926. The van der Waals surface area contributed by atoms with E-state index >= 15 is 0 Å². The second-order valence-electron chi connectivity index (χ2n) is 5.49. The van der Waals surface area contributed by atoms with E-state index < -0.39 is 5.54 Å². The zero-order valence-corrected chi connectivity index (χ0v) is 11.9. The molecule has 5 heteroatoms. The van der Waals surface area contributed by atoms with Crippen LogP contribution in [-0.2, 0) is 14.3 Å². The SMILES string of the molecule is COC(=O)C(C)(N)CC(C)N1CCCOC(C)C1. The number of methoxy groups -OCH3 is 1. The molecule has 0 amide bonds. The molecule has 18 heavy (non-hydrogen) atoms. The molecule has 0 saturated carbocycles. The lowest BCUT2D eigenvalue weighted by Gasteiger charge is -2.33. The van der Waals surface area contributed by atoms with Crippen molar-refractivity contribution in [2.75, 3.05) is 26.8 Å². The Labute approximate surface area is 110 Å². The van der Waals surface area contributed by atoms with Gasteiger partial charge in [-0.3, -0.25) is 9.69 Å². The van der Waals surface area contributed by atoms with Gasteiger partial charge in [0.15, 0.2) is 0 Å². The van der Waals surface area contributed by atoms with Crippen molar-refractivity contribution in [1.29, 1.82) is 0 Å². The number of hydrogen-bond acceptors (Lipinski definition) is 5. The molecule has 0 aromatic carbocycles. The highest BCUT2D eigenvalue weighted by molar-refractivity contribution is 5.79. The zero-order valence-electron chi connectivity index (χ0n) is 11.9. The molecule has 0 aliphatic carbocycles. The van der Waals surface area contributed by atoms with Crippen LogP contribution in [-0.4, -0.2) is 55.4 Å². The number of esters is 1. The summed E-state index contributed by atoms with van der Waals surface area (Å²) in [7, 11) is 1.37. The summed E-state index contributed by atoms with van der Waals surface area (Å²) in [4.78, 5) is 13.9. The predicted molar refractivity (Wildman–Crippen MR) is 70.3 cm³/mol. The maximum Gasteiger partial charge on any atom is 0.325 e. The number of carbonyl (C=O) groups is 1. The Morgan fingerprint density at radius 2 is 2.33 bits per heavy atom. The van der Waals surface area contributed by atoms with Crippen LogP contribution in [0.5, 0.6) is 0 Å². The number of carbonyl (C=O) groups excluding carboxylic acids is 1. The van der Waals surface area contributed by atoms with Crippen molar-refractivity contribution in [2.24, 2.45) is 5.73 Å². The lowest BCUT2D eigenvalue weighted by Crippen LogP contribution is -2.51. The van der Waals surface area contributed by atoms with Gasteiger partial charge in [-0.2, -0.15) is 0 Å². The van der Waals surface area contributed by atoms with Gasteiger partial charge in [-0.05, 0) is 33.6 Å². The van der Waals surface area contributed by atoms with Crippen LogP contribution in [0, 0.1) is 0 Å². The topological polar surface area (TPSA) is 64.8 Å². The van der Waals surface area contributed by atoms with Gasteiger partial charge >= 0.3 is 5.97 Å². The van der Waals surface area contributed by atoms with Gasteiger partial charge in [0.05, 0.1) is 13.2 Å². The van der Waals surface area contributed by atoms with Crippen molar-refractivity contribution in [1.82, 2.24) is 4.90 Å². The second-order valence-corrected chi connectivity index (χ2v) is 5.49. The molecule has 0 aromatic heterocycles. The minimum Gasteiger partial charge on any atom is -0.468 e. The predicted octanol–water partition coefficient (Wildman–Crippen LogP) is 0.766. The van der Waals surface area contributed by atoms with Crippen molar-refractivity contribution in [3.8, 4) is 0 Å².